The topological polar surface area (TPSA) is 96.4 Å². The maximum absolute atomic E-state index is 14.4. The van der Waals surface area contributed by atoms with Crippen molar-refractivity contribution in [1.82, 2.24) is 24.8 Å². The van der Waals surface area contributed by atoms with Gasteiger partial charge in [-0.2, -0.15) is 4.98 Å². The van der Waals surface area contributed by atoms with Gasteiger partial charge in [0.1, 0.15) is 12.4 Å². The number of aryl methyl sites for hydroxylation is 2. The molecule has 4 bridgehead atoms. The molecule has 0 radical (unpaired) electrons. The highest BCUT2D eigenvalue weighted by molar-refractivity contribution is 8.00. The molecule has 2 aromatic heterocycles. The second kappa shape index (κ2) is 12.4. The molecule has 1 amide bonds. The normalized spacial score (nSPS) is 19.0. The van der Waals surface area contributed by atoms with E-state index in [4.69, 9.17) is 24.7 Å². The summed E-state index contributed by atoms with van der Waals surface area (Å²) in [6, 6.07) is 15.5. The Labute approximate surface area is 281 Å². The number of nitrogens with one attached hydrogen (secondary N) is 1. The minimum Gasteiger partial charge on any atom is -0.475 e. The molecule has 2 aliphatic heterocycles. The van der Waals surface area contributed by atoms with Crippen LogP contribution in [-0.2, 0) is 6.54 Å². The maximum atomic E-state index is 14.4. The Morgan fingerprint density at radius 3 is 2.45 bits per heavy atom. The summed E-state index contributed by atoms with van der Waals surface area (Å²) in [5, 5.41) is 0. The minimum absolute atomic E-state index is 0.0820. The molecule has 4 heterocycles. The lowest BCUT2D eigenvalue weighted by atomic mass is 9.87. The molecule has 2 aromatic carbocycles. The smallest absolute Gasteiger partial charge is 0.254 e. The van der Waals surface area contributed by atoms with Gasteiger partial charge in [0.25, 0.3) is 5.91 Å². The molecule has 1 atom stereocenters. The standard InChI is InChI=1S/C37H43N7O2S/c1-24-8-6-9-25(2)33(24)30-17-32-41-35(40-30)42-47-29-11-7-10-26(16-29)34(45)44(27(22-46-32)18-36(3,4)5)21-31-38-19-28(20-39-31)43-15-14-37(23-43)12-13-37/h6-11,16-17,19-20,27H,12-15,18,21-23H2,1-5H3,(H,40,41,42)/t27-/m1/s1. The van der Waals surface area contributed by atoms with Gasteiger partial charge in [0.15, 0.2) is 0 Å². The first-order valence-electron chi connectivity index (χ1n) is 16.5. The number of hydrogen-bond donors (Lipinski definition) is 1. The van der Waals surface area contributed by atoms with Crippen molar-refractivity contribution in [3.05, 3.63) is 83.4 Å². The second-order valence-corrected chi connectivity index (χ2v) is 15.5. The van der Waals surface area contributed by atoms with E-state index in [9.17, 15) is 4.79 Å². The fourth-order valence-corrected chi connectivity index (χ4v) is 7.49. The summed E-state index contributed by atoms with van der Waals surface area (Å²) in [4.78, 5) is 38.8. The first-order valence-corrected chi connectivity index (χ1v) is 17.3. The predicted molar refractivity (Wildman–Crippen MR) is 187 cm³/mol. The number of anilines is 2. The molecule has 2 fully saturated rings. The highest BCUT2D eigenvalue weighted by Crippen LogP contribution is 2.53. The Bertz CT molecular complexity index is 1760. The van der Waals surface area contributed by atoms with Crippen molar-refractivity contribution in [2.24, 2.45) is 10.8 Å². The van der Waals surface area contributed by atoms with Crippen molar-refractivity contribution < 1.29 is 9.53 Å². The highest BCUT2D eigenvalue weighted by atomic mass is 32.2. The fraction of sp³-hybridized carbons (Fsp3) is 0.432. The summed E-state index contributed by atoms with van der Waals surface area (Å²) in [6.07, 6.45) is 8.46. The van der Waals surface area contributed by atoms with Gasteiger partial charge < -0.3 is 14.5 Å². The Balaban J connectivity index is 1.24. The third-order valence-electron chi connectivity index (χ3n) is 9.52. The molecule has 7 rings (SSSR count). The third kappa shape index (κ3) is 7.07. The van der Waals surface area contributed by atoms with Crippen molar-refractivity contribution in [3.63, 3.8) is 0 Å². The van der Waals surface area contributed by atoms with Crippen LogP contribution in [-0.4, -0.2) is 56.5 Å². The van der Waals surface area contributed by atoms with Crippen molar-refractivity contribution in [3.8, 4) is 17.1 Å². The monoisotopic (exact) mass is 649 g/mol. The number of nitrogens with zero attached hydrogens (tertiary/aromatic N) is 6. The summed E-state index contributed by atoms with van der Waals surface area (Å²) >= 11 is 1.37. The number of rotatable bonds is 5. The van der Waals surface area contributed by atoms with E-state index < -0.39 is 0 Å². The van der Waals surface area contributed by atoms with Gasteiger partial charge in [0.2, 0.25) is 11.8 Å². The zero-order valence-corrected chi connectivity index (χ0v) is 28.7. The van der Waals surface area contributed by atoms with Crippen LogP contribution in [0.15, 0.2) is 65.8 Å². The number of ether oxygens (including phenoxy) is 1. The molecule has 1 spiro atoms. The van der Waals surface area contributed by atoms with Crippen LogP contribution in [0.5, 0.6) is 5.88 Å². The van der Waals surface area contributed by atoms with E-state index in [1.54, 1.807) is 0 Å². The number of amides is 1. The second-order valence-electron chi connectivity index (χ2n) is 14.6. The van der Waals surface area contributed by atoms with Gasteiger partial charge >= 0.3 is 0 Å². The SMILES string of the molecule is Cc1cccc(C)c1-c1cc2nc(n1)NSc1cccc(c1)C(=O)N(Cc1ncc(N3CCC4(CC4)C3)cn1)[C@H](CC(C)(C)C)CO2. The van der Waals surface area contributed by atoms with E-state index in [0.29, 0.717) is 35.1 Å². The summed E-state index contributed by atoms with van der Waals surface area (Å²) in [5.41, 5.74) is 6.20. The van der Waals surface area contributed by atoms with Crippen LogP contribution < -0.4 is 14.4 Å². The minimum atomic E-state index is -0.272. The fourth-order valence-electron chi connectivity index (χ4n) is 6.85. The van der Waals surface area contributed by atoms with E-state index in [-0.39, 0.29) is 30.5 Å². The predicted octanol–water partition coefficient (Wildman–Crippen LogP) is 7.50. The maximum Gasteiger partial charge on any atom is 0.254 e. The number of hydrogen-bond acceptors (Lipinski definition) is 9. The Hall–Kier alpha value is -4.18. The molecular formula is C37H43N7O2S. The molecular weight excluding hydrogens is 607 g/mol. The number of aromatic nitrogens is 4. The summed E-state index contributed by atoms with van der Waals surface area (Å²) in [5.74, 6) is 1.43. The average molecular weight is 650 g/mol. The van der Waals surface area contributed by atoms with E-state index in [0.717, 1.165) is 46.1 Å². The van der Waals surface area contributed by atoms with Gasteiger partial charge in [-0.05, 0) is 91.6 Å². The Morgan fingerprint density at radius 1 is 1.00 bits per heavy atom. The van der Waals surface area contributed by atoms with Crippen LogP contribution in [0.4, 0.5) is 11.6 Å². The first-order chi connectivity index (χ1) is 22.5. The molecule has 1 N–H and O–H groups in total. The molecule has 0 unspecified atom stereocenters. The molecule has 9 nitrogen and oxygen atoms in total. The number of benzene rings is 2. The number of carbonyl (C=O) groups is 1. The molecule has 1 aliphatic carbocycles. The van der Waals surface area contributed by atoms with Crippen LogP contribution in [0.3, 0.4) is 0 Å². The van der Waals surface area contributed by atoms with Gasteiger partial charge in [-0.15, -0.1) is 0 Å². The lowest BCUT2D eigenvalue weighted by molar-refractivity contribution is 0.0505. The summed E-state index contributed by atoms with van der Waals surface area (Å²) in [6.45, 7) is 13.4. The summed E-state index contributed by atoms with van der Waals surface area (Å²) in [7, 11) is 0. The average Bonchev–Trinajstić information content (AvgIpc) is 3.68. The van der Waals surface area contributed by atoms with Crippen molar-refractivity contribution in [1.29, 1.82) is 0 Å². The lowest BCUT2D eigenvalue weighted by Crippen LogP contribution is -2.45. The van der Waals surface area contributed by atoms with E-state index in [1.165, 1.54) is 31.2 Å². The first kappa shape index (κ1) is 31.4. The van der Waals surface area contributed by atoms with Crippen LogP contribution in [0.1, 0.15) is 73.8 Å². The van der Waals surface area contributed by atoms with Crippen LogP contribution in [0.25, 0.3) is 11.3 Å². The van der Waals surface area contributed by atoms with Gasteiger partial charge in [0, 0.05) is 35.2 Å². The lowest BCUT2D eigenvalue weighted by Gasteiger charge is -2.35. The largest absolute Gasteiger partial charge is 0.475 e. The van der Waals surface area contributed by atoms with Crippen molar-refractivity contribution in [2.75, 3.05) is 29.3 Å². The van der Waals surface area contributed by atoms with Crippen molar-refractivity contribution in [2.45, 2.75) is 77.8 Å². The van der Waals surface area contributed by atoms with Crippen molar-refractivity contribution >= 4 is 29.5 Å². The molecule has 10 heteroatoms. The molecule has 244 valence electrons. The van der Waals surface area contributed by atoms with Gasteiger partial charge in [-0.25, -0.2) is 15.0 Å². The van der Waals surface area contributed by atoms with Crippen LogP contribution >= 0.6 is 11.9 Å². The number of carbonyl (C=O) groups excluding carboxylic acids is 1. The van der Waals surface area contributed by atoms with Crippen LogP contribution in [0, 0.1) is 24.7 Å². The zero-order chi connectivity index (χ0) is 32.8. The molecule has 3 aliphatic rings. The van der Waals surface area contributed by atoms with Gasteiger partial charge in [-0.1, -0.05) is 45.0 Å². The molecule has 1 saturated carbocycles. The highest BCUT2D eigenvalue weighted by Gasteiger charge is 2.47. The van der Waals surface area contributed by atoms with E-state index in [1.807, 2.05) is 47.6 Å². The van der Waals surface area contributed by atoms with E-state index >= 15 is 0 Å². The Kier molecular flexibility index (Phi) is 8.32. The van der Waals surface area contributed by atoms with Crippen LogP contribution in [0.2, 0.25) is 0 Å². The summed E-state index contributed by atoms with van der Waals surface area (Å²) < 4.78 is 9.80. The van der Waals surface area contributed by atoms with E-state index in [2.05, 4.69) is 62.4 Å². The number of fused-ring (bicyclic) bond motifs is 4. The molecule has 1 saturated heterocycles. The van der Waals surface area contributed by atoms with Gasteiger partial charge in [0.05, 0.1) is 36.4 Å². The quantitative estimate of drug-likeness (QED) is 0.221. The molecule has 47 heavy (non-hydrogen) atoms. The molecule has 4 aromatic rings. The zero-order valence-electron chi connectivity index (χ0n) is 27.9. The third-order valence-corrected chi connectivity index (χ3v) is 10.3. The van der Waals surface area contributed by atoms with Gasteiger partial charge in [-0.3, -0.25) is 9.52 Å². The Morgan fingerprint density at radius 2 is 1.74 bits per heavy atom.